The maximum atomic E-state index is 13.3. The number of imidazole rings is 1. The summed E-state index contributed by atoms with van der Waals surface area (Å²) in [5, 5.41) is 0.805. The molecule has 0 aliphatic heterocycles. The summed E-state index contributed by atoms with van der Waals surface area (Å²) in [6.45, 7) is 0. The molecule has 0 bridgehead atoms. The first kappa shape index (κ1) is 20.3. The van der Waals surface area contributed by atoms with E-state index in [1.54, 1.807) is 54.6 Å². The largest absolute Gasteiger partial charge is 0.345 e. The first-order chi connectivity index (χ1) is 14.4. The lowest BCUT2D eigenvalue weighted by Gasteiger charge is -2.10. The molecular formula is C22H18FN3O2S2. The van der Waals surface area contributed by atoms with Crippen LogP contribution in [-0.4, -0.2) is 29.6 Å². The Morgan fingerprint density at radius 1 is 1.00 bits per heavy atom. The SMILES string of the molecule is CS(=O)(=O)c1ccc(CSc2cc(-c3ncc[nH]3)c(-c3ccc(F)cc3)cn2)cc1. The predicted octanol–water partition coefficient (Wildman–Crippen LogP) is 4.97. The van der Waals surface area contributed by atoms with Crippen LogP contribution < -0.4 is 0 Å². The van der Waals surface area contributed by atoms with Gasteiger partial charge in [0.05, 0.1) is 9.92 Å². The number of nitrogens with one attached hydrogen (secondary N) is 1. The molecule has 0 unspecified atom stereocenters. The zero-order chi connectivity index (χ0) is 21.1. The average Bonchev–Trinajstić information content (AvgIpc) is 3.27. The van der Waals surface area contributed by atoms with Crippen molar-refractivity contribution in [3.63, 3.8) is 0 Å². The Kier molecular flexibility index (Phi) is 5.69. The van der Waals surface area contributed by atoms with Crippen molar-refractivity contribution in [2.24, 2.45) is 0 Å². The standard InChI is InChI=1S/C22H18FN3O2S2/c1-30(27,28)18-8-2-15(3-9-18)14-29-21-12-19(22-24-10-11-25-22)20(13-26-21)16-4-6-17(23)7-5-16/h2-13H,14H2,1H3,(H,24,25). The highest BCUT2D eigenvalue weighted by Gasteiger charge is 2.13. The predicted molar refractivity (Wildman–Crippen MR) is 116 cm³/mol. The van der Waals surface area contributed by atoms with Crippen LogP contribution in [0.25, 0.3) is 22.5 Å². The maximum absolute atomic E-state index is 13.3. The third-order valence-electron chi connectivity index (χ3n) is 4.53. The number of hydrogen-bond acceptors (Lipinski definition) is 5. The van der Waals surface area contributed by atoms with E-state index in [2.05, 4.69) is 15.0 Å². The Balaban J connectivity index is 1.60. The molecule has 4 rings (SSSR count). The molecule has 0 aliphatic carbocycles. The van der Waals surface area contributed by atoms with Gasteiger partial charge in [-0.05, 0) is 41.5 Å². The molecule has 152 valence electrons. The van der Waals surface area contributed by atoms with Crippen molar-refractivity contribution >= 4 is 21.6 Å². The van der Waals surface area contributed by atoms with Crippen LogP contribution in [0.2, 0.25) is 0 Å². The molecule has 2 heterocycles. The minimum atomic E-state index is -3.20. The second-order valence-electron chi connectivity index (χ2n) is 6.72. The van der Waals surface area contributed by atoms with Gasteiger partial charge in [-0.2, -0.15) is 0 Å². The van der Waals surface area contributed by atoms with E-state index in [0.717, 1.165) is 27.3 Å². The van der Waals surface area contributed by atoms with Crippen LogP contribution in [0.5, 0.6) is 0 Å². The summed E-state index contributed by atoms with van der Waals surface area (Å²) in [6.07, 6.45) is 6.39. The second-order valence-corrected chi connectivity index (χ2v) is 9.73. The monoisotopic (exact) mass is 439 g/mol. The van der Waals surface area contributed by atoms with Crippen LogP contribution in [0.4, 0.5) is 4.39 Å². The van der Waals surface area contributed by atoms with E-state index in [4.69, 9.17) is 0 Å². The van der Waals surface area contributed by atoms with Gasteiger partial charge in [-0.15, -0.1) is 11.8 Å². The number of halogens is 1. The number of nitrogens with zero attached hydrogens (tertiary/aromatic N) is 2. The summed E-state index contributed by atoms with van der Waals surface area (Å²) in [7, 11) is -3.20. The molecular weight excluding hydrogens is 421 g/mol. The third kappa shape index (κ3) is 4.60. The molecule has 5 nitrogen and oxygen atoms in total. The number of pyridine rings is 1. The van der Waals surface area contributed by atoms with Crippen molar-refractivity contribution in [2.45, 2.75) is 15.7 Å². The molecule has 4 aromatic rings. The molecule has 0 radical (unpaired) electrons. The molecule has 0 atom stereocenters. The van der Waals surface area contributed by atoms with Gasteiger partial charge in [0.15, 0.2) is 9.84 Å². The van der Waals surface area contributed by atoms with Crippen molar-refractivity contribution in [2.75, 3.05) is 6.26 Å². The number of hydrogen-bond donors (Lipinski definition) is 1. The fourth-order valence-corrected chi connectivity index (χ4v) is 4.44. The molecule has 8 heteroatoms. The molecule has 0 spiro atoms. The number of aromatic nitrogens is 3. The van der Waals surface area contributed by atoms with Crippen LogP contribution in [0.15, 0.2) is 83.1 Å². The molecule has 0 saturated heterocycles. The highest BCUT2D eigenvalue weighted by Crippen LogP contribution is 2.33. The van der Waals surface area contributed by atoms with E-state index in [9.17, 15) is 12.8 Å². The number of sulfone groups is 1. The van der Waals surface area contributed by atoms with E-state index in [1.165, 1.54) is 18.4 Å². The molecule has 30 heavy (non-hydrogen) atoms. The van der Waals surface area contributed by atoms with Crippen LogP contribution in [0, 0.1) is 5.82 Å². The van der Waals surface area contributed by atoms with Gasteiger partial charge in [0.2, 0.25) is 0 Å². The summed E-state index contributed by atoms with van der Waals surface area (Å²) >= 11 is 1.54. The molecule has 0 saturated carbocycles. The van der Waals surface area contributed by atoms with Gasteiger partial charge in [-0.1, -0.05) is 24.3 Å². The van der Waals surface area contributed by atoms with E-state index >= 15 is 0 Å². The molecule has 1 N–H and O–H groups in total. The normalized spacial score (nSPS) is 11.5. The number of thioether (sulfide) groups is 1. The molecule has 0 fully saturated rings. The summed E-state index contributed by atoms with van der Waals surface area (Å²) in [5.74, 6) is 1.06. The van der Waals surface area contributed by atoms with Crippen molar-refractivity contribution in [3.05, 3.63) is 84.6 Å². The van der Waals surface area contributed by atoms with Crippen molar-refractivity contribution in [1.29, 1.82) is 0 Å². The van der Waals surface area contributed by atoms with Gasteiger partial charge in [-0.3, -0.25) is 0 Å². The Bertz CT molecular complexity index is 1260. The fourth-order valence-electron chi connectivity index (χ4n) is 2.97. The molecule has 0 amide bonds. The van der Waals surface area contributed by atoms with E-state index in [0.29, 0.717) is 16.5 Å². The molecule has 0 aliphatic rings. The first-order valence-electron chi connectivity index (χ1n) is 9.08. The van der Waals surface area contributed by atoms with Crippen molar-refractivity contribution in [1.82, 2.24) is 15.0 Å². The Morgan fingerprint density at radius 2 is 1.73 bits per heavy atom. The Hall–Kier alpha value is -2.97. The molecule has 2 aromatic heterocycles. The van der Waals surface area contributed by atoms with Gasteiger partial charge >= 0.3 is 0 Å². The van der Waals surface area contributed by atoms with Gasteiger partial charge in [0.1, 0.15) is 11.6 Å². The number of aromatic amines is 1. The topological polar surface area (TPSA) is 75.7 Å². The molecule has 2 aromatic carbocycles. The first-order valence-corrected chi connectivity index (χ1v) is 12.0. The van der Waals surface area contributed by atoms with E-state index in [1.807, 2.05) is 18.2 Å². The second kappa shape index (κ2) is 8.41. The van der Waals surface area contributed by atoms with Crippen LogP contribution >= 0.6 is 11.8 Å². The highest BCUT2D eigenvalue weighted by molar-refractivity contribution is 7.98. The van der Waals surface area contributed by atoms with Crippen LogP contribution in [-0.2, 0) is 15.6 Å². The highest BCUT2D eigenvalue weighted by atomic mass is 32.2. The number of rotatable bonds is 6. The number of benzene rings is 2. The number of H-pyrrole nitrogens is 1. The lowest BCUT2D eigenvalue weighted by atomic mass is 10.0. The van der Waals surface area contributed by atoms with Gasteiger partial charge in [0, 0.05) is 41.7 Å². The smallest absolute Gasteiger partial charge is 0.175 e. The van der Waals surface area contributed by atoms with Crippen molar-refractivity contribution in [3.8, 4) is 22.5 Å². The minimum absolute atomic E-state index is 0.291. The quantitative estimate of drug-likeness (QED) is 0.429. The van der Waals surface area contributed by atoms with E-state index < -0.39 is 9.84 Å². The van der Waals surface area contributed by atoms with E-state index in [-0.39, 0.29) is 5.82 Å². The summed E-state index contributed by atoms with van der Waals surface area (Å²) < 4.78 is 36.5. The summed E-state index contributed by atoms with van der Waals surface area (Å²) in [5.41, 5.74) is 3.57. The fraction of sp³-hybridized carbons (Fsp3) is 0.0909. The lowest BCUT2D eigenvalue weighted by molar-refractivity contribution is 0.602. The average molecular weight is 440 g/mol. The van der Waals surface area contributed by atoms with Gasteiger partial charge in [-0.25, -0.2) is 22.8 Å². The Morgan fingerprint density at radius 3 is 2.37 bits per heavy atom. The zero-order valence-electron chi connectivity index (χ0n) is 16.0. The Labute approximate surface area is 178 Å². The summed E-state index contributed by atoms with van der Waals surface area (Å²) in [6, 6.07) is 15.1. The maximum Gasteiger partial charge on any atom is 0.175 e. The summed E-state index contributed by atoms with van der Waals surface area (Å²) in [4.78, 5) is 12.3. The minimum Gasteiger partial charge on any atom is -0.345 e. The lowest BCUT2D eigenvalue weighted by Crippen LogP contribution is -1.96. The van der Waals surface area contributed by atoms with Crippen LogP contribution in [0.3, 0.4) is 0 Å². The van der Waals surface area contributed by atoms with Crippen molar-refractivity contribution < 1.29 is 12.8 Å². The van der Waals surface area contributed by atoms with Gasteiger partial charge in [0.25, 0.3) is 0 Å². The third-order valence-corrected chi connectivity index (χ3v) is 6.65. The zero-order valence-corrected chi connectivity index (χ0v) is 17.7. The van der Waals surface area contributed by atoms with Crippen LogP contribution in [0.1, 0.15) is 5.56 Å². The van der Waals surface area contributed by atoms with Gasteiger partial charge < -0.3 is 4.98 Å².